The molecule has 136 valence electrons. The standard InChI is InChI=1S/C18H21F3N2O2/c1-15(2)9-16(7-12(8-22)13(15)24)10-23(11-16)14(25)17(18(19,20)21)5-3-4-6-17/h7H,3-6,9-11H2,1-2H3. The second-order valence-corrected chi connectivity index (χ2v) is 8.37. The summed E-state index contributed by atoms with van der Waals surface area (Å²) in [6.45, 7) is 3.76. The van der Waals surface area contributed by atoms with Crippen LogP contribution in [0.1, 0.15) is 46.0 Å². The Morgan fingerprint density at radius 2 is 1.80 bits per heavy atom. The van der Waals surface area contributed by atoms with Gasteiger partial charge in [0.2, 0.25) is 5.91 Å². The minimum absolute atomic E-state index is 0.0507. The maximum Gasteiger partial charge on any atom is 0.403 e. The highest BCUT2D eigenvalue weighted by atomic mass is 19.4. The quantitative estimate of drug-likeness (QED) is 0.725. The normalized spacial score (nSPS) is 26.8. The Morgan fingerprint density at radius 3 is 2.28 bits per heavy atom. The number of halogens is 3. The highest BCUT2D eigenvalue weighted by Crippen LogP contribution is 2.54. The Balaban J connectivity index is 1.82. The second kappa shape index (κ2) is 5.33. The molecular weight excluding hydrogens is 333 g/mol. The zero-order valence-electron chi connectivity index (χ0n) is 14.4. The topological polar surface area (TPSA) is 61.2 Å². The number of rotatable bonds is 1. The van der Waals surface area contributed by atoms with Crippen LogP contribution in [0.25, 0.3) is 0 Å². The summed E-state index contributed by atoms with van der Waals surface area (Å²) < 4.78 is 40.7. The van der Waals surface area contributed by atoms with Gasteiger partial charge >= 0.3 is 6.18 Å². The molecule has 1 saturated heterocycles. The molecule has 0 unspecified atom stereocenters. The molecule has 1 amide bonds. The molecule has 1 spiro atoms. The van der Waals surface area contributed by atoms with Crippen molar-refractivity contribution in [1.82, 2.24) is 4.90 Å². The van der Waals surface area contributed by atoms with Gasteiger partial charge in [-0.1, -0.05) is 32.8 Å². The molecule has 0 bridgehead atoms. The van der Waals surface area contributed by atoms with E-state index in [0.29, 0.717) is 19.3 Å². The number of nitriles is 1. The van der Waals surface area contributed by atoms with Gasteiger partial charge in [-0.05, 0) is 19.3 Å². The summed E-state index contributed by atoms with van der Waals surface area (Å²) in [5.74, 6) is -1.09. The number of ketones is 1. The summed E-state index contributed by atoms with van der Waals surface area (Å²) in [5, 5.41) is 9.17. The van der Waals surface area contributed by atoms with Crippen LogP contribution in [0.15, 0.2) is 11.6 Å². The third-order valence-corrected chi connectivity index (χ3v) is 5.93. The number of alkyl halides is 3. The zero-order chi connectivity index (χ0) is 18.7. The monoisotopic (exact) mass is 354 g/mol. The lowest BCUT2D eigenvalue weighted by molar-refractivity contribution is -0.230. The minimum atomic E-state index is -4.54. The first-order valence-corrected chi connectivity index (χ1v) is 8.50. The zero-order valence-corrected chi connectivity index (χ0v) is 14.4. The fourth-order valence-corrected chi connectivity index (χ4v) is 4.79. The average Bonchev–Trinajstić information content (AvgIpc) is 2.97. The number of carbonyl (C=O) groups excluding carboxylic acids is 2. The highest BCUT2D eigenvalue weighted by molar-refractivity contribution is 6.04. The van der Waals surface area contributed by atoms with Crippen LogP contribution in [0.4, 0.5) is 13.2 Å². The van der Waals surface area contributed by atoms with E-state index in [1.165, 1.54) is 4.90 Å². The summed E-state index contributed by atoms with van der Waals surface area (Å²) in [4.78, 5) is 26.1. The van der Waals surface area contributed by atoms with Gasteiger partial charge in [0.05, 0.1) is 5.57 Å². The lowest BCUT2D eigenvalue weighted by Gasteiger charge is -2.55. The van der Waals surface area contributed by atoms with Gasteiger partial charge in [0.25, 0.3) is 0 Å². The number of nitrogens with zero attached hydrogens (tertiary/aromatic N) is 2. The van der Waals surface area contributed by atoms with Crippen LogP contribution in [-0.4, -0.2) is 35.9 Å². The SMILES string of the molecule is CC1(C)CC2(C=C(C#N)C1=O)CN(C(=O)C1(C(F)(F)F)CCCC1)C2. The van der Waals surface area contributed by atoms with Crippen LogP contribution in [0.2, 0.25) is 0 Å². The summed E-state index contributed by atoms with van der Waals surface area (Å²) in [5.41, 5.74) is -3.51. The molecule has 0 radical (unpaired) electrons. The molecule has 3 rings (SSSR count). The predicted molar refractivity (Wildman–Crippen MR) is 83.1 cm³/mol. The largest absolute Gasteiger partial charge is 0.403 e. The van der Waals surface area contributed by atoms with Crippen molar-refractivity contribution in [2.24, 2.45) is 16.2 Å². The molecule has 0 aromatic heterocycles. The van der Waals surface area contributed by atoms with Crippen molar-refractivity contribution in [1.29, 1.82) is 5.26 Å². The first kappa shape index (κ1) is 18.0. The van der Waals surface area contributed by atoms with E-state index in [0.717, 1.165) is 0 Å². The van der Waals surface area contributed by atoms with Gasteiger partial charge in [-0.2, -0.15) is 18.4 Å². The number of hydrogen-bond acceptors (Lipinski definition) is 3. The van der Waals surface area contributed by atoms with Crippen molar-refractivity contribution in [3.63, 3.8) is 0 Å². The van der Waals surface area contributed by atoms with Gasteiger partial charge in [-0.15, -0.1) is 0 Å². The summed E-state index contributed by atoms with van der Waals surface area (Å²) in [6, 6.07) is 1.89. The maximum absolute atomic E-state index is 13.6. The fourth-order valence-electron chi connectivity index (χ4n) is 4.79. The van der Waals surface area contributed by atoms with Gasteiger partial charge in [-0.3, -0.25) is 9.59 Å². The smallest absolute Gasteiger partial charge is 0.340 e. The molecule has 2 aliphatic carbocycles. The first-order valence-electron chi connectivity index (χ1n) is 8.50. The molecule has 4 nitrogen and oxygen atoms in total. The Kier molecular flexibility index (Phi) is 3.83. The molecular formula is C18H21F3N2O2. The van der Waals surface area contributed by atoms with E-state index in [-0.39, 0.29) is 37.3 Å². The molecule has 7 heteroatoms. The molecule has 0 N–H and O–H groups in total. The van der Waals surface area contributed by atoms with Crippen LogP contribution in [0.3, 0.4) is 0 Å². The predicted octanol–water partition coefficient (Wildman–Crippen LogP) is 3.39. The molecule has 1 saturated carbocycles. The van der Waals surface area contributed by atoms with Crippen molar-refractivity contribution < 1.29 is 22.8 Å². The van der Waals surface area contributed by atoms with E-state index in [9.17, 15) is 28.0 Å². The number of likely N-dealkylation sites (tertiary alicyclic amines) is 1. The summed E-state index contributed by atoms with van der Waals surface area (Å²) in [6.07, 6.45) is -2.02. The molecule has 1 heterocycles. The number of amides is 1. The molecule has 1 aliphatic heterocycles. The molecule has 0 aromatic carbocycles. The van der Waals surface area contributed by atoms with Gasteiger partial charge in [0.15, 0.2) is 5.78 Å². The second-order valence-electron chi connectivity index (χ2n) is 8.37. The average molecular weight is 354 g/mol. The van der Waals surface area contributed by atoms with Crippen molar-refractivity contribution >= 4 is 11.7 Å². The first-order chi connectivity index (χ1) is 11.5. The Labute approximate surface area is 144 Å². The van der Waals surface area contributed by atoms with Crippen molar-refractivity contribution in [3.8, 4) is 6.07 Å². The molecule has 3 aliphatic rings. The number of hydrogen-bond donors (Lipinski definition) is 0. The van der Waals surface area contributed by atoms with E-state index < -0.39 is 28.3 Å². The van der Waals surface area contributed by atoms with E-state index in [4.69, 9.17) is 0 Å². The van der Waals surface area contributed by atoms with E-state index >= 15 is 0 Å². The number of allylic oxidation sites excluding steroid dienone is 1. The van der Waals surface area contributed by atoms with Crippen molar-refractivity contribution in [2.45, 2.75) is 52.1 Å². The van der Waals surface area contributed by atoms with Crippen LogP contribution in [-0.2, 0) is 9.59 Å². The Morgan fingerprint density at radius 1 is 1.24 bits per heavy atom. The van der Waals surface area contributed by atoms with Crippen LogP contribution in [0.5, 0.6) is 0 Å². The van der Waals surface area contributed by atoms with E-state index in [1.807, 2.05) is 6.07 Å². The number of Topliss-reactive ketones (excluding diaryl/α,β-unsaturated/α-hetero) is 1. The van der Waals surface area contributed by atoms with Crippen LogP contribution in [0, 0.1) is 27.6 Å². The molecule has 25 heavy (non-hydrogen) atoms. The van der Waals surface area contributed by atoms with Gasteiger partial charge < -0.3 is 4.90 Å². The van der Waals surface area contributed by atoms with E-state index in [2.05, 4.69) is 0 Å². The third-order valence-electron chi connectivity index (χ3n) is 5.93. The fraction of sp³-hybridized carbons (Fsp3) is 0.722. The molecule has 0 atom stereocenters. The van der Waals surface area contributed by atoms with Gasteiger partial charge in [0, 0.05) is 23.9 Å². The Bertz CT molecular complexity index is 688. The summed E-state index contributed by atoms with van der Waals surface area (Å²) >= 11 is 0. The highest BCUT2D eigenvalue weighted by Gasteiger charge is 2.64. The lowest BCUT2D eigenvalue weighted by Crippen LogP contribution is -2.65. The minimum Gasteiger partial charge on any atom is -0.340 e. The van der Waals surface area contributed by atoms with Gasteiger partial charge in [-0.25, -0.2) is 0 Å². The lowest BCUT2D eigenvalue weighted by atomic mass is 9.61. The number of carbonyl (C=O) groups is 2. The van der Waals surface area contributed by atoms with Crippen LogP contribution >= 0.6 is 0 Å². The van der Waals surface area contributed by atoms with Gasteiger partial charge in [0.1, 0.15) is 11.5 Å². The van der Waals surface area contributed by atoms with Crippen molar-refractivity contribution in [3.05, 3.63) is 11.6 Å². The molecule has 0 aromatic rings. The molecule has 2 fully saturated rings. The van der Waals surface area contributed by atoms with E-state index in [1.54, 1.807) is 19.9 Å². The third kappa shape index (κ3) is 2.57. The maximum atomic E-state index is 13.6. The van der Waals surface area contributed by atoms with Crippen LogP contribution < -0.4 is 0 Å². The summed E-state index contributed by atoms with van der Waals surface area (Å²) in [7, 11) is 0. The Hall–Kier alpha value is -1.84. The van der Waals surface area contributed by atoms with Crippen molar-refractivity contribution in [2.75, 3.05) is 13.1 Å².